The third-order valence-electron chi connectivity index (χ3n) is 6.63. The van der Waals surface area contributed by atoms with Crippen molar-refractivity contribution < 1.29 is 23.1 Å². The molecule has 1 aliphatic heterocycles. The van der Waals surface area contributed by atoms with E-state index in [1.165, 1.54) is 11.3 Å². The van der Waals surface area contributed by atoms with Crippen LogP contribution >= 0.6 is 11.3 Å². The fourth-order valence-electron chi connectivity index (χ4n) is 4.81. The predicted octanol–water partition coefficient (Wildman–Crippen LogP) is 4.85. The van der Waals surface area contributed by atoms with Gasteiger partial charge in [-0.15, -0.1) is 11.3 Å². The van der Waals surface area contributed by atoms with Crippen LogP contribution in [-0.4, -0.2) is 42.9 Å². The lowest BCUT2D eigenvalue weighted by Gasteiger charge is -2.37. The number of rotatable bonds is 5. The number of carboxylic acid groups (broad SMARTS) is 1. The minimum Gasteiger partial charge on any atom is -0.478 e. The molecule has 2 aromatic rings. The Morgan fingerprint density at radius 3 is 2.38 bits per heavy atom. The number of sulfone groups is 1. The SMILES string of the molecule is C[C@H]1CC[C@H](C(=O)N(c2sc(-c3ccccc3)cc2C(=O)O)C2CCCS(=O)(=O)C2)CC1. The molecule has 0 radical (unpaired) electrons. The van der Waals surface area contributed by atoms with Gasteiger partial charge in [-0.3, -0.25) is 9.69 Å². The number of thiophene rings is 1. The predicted molar refractivity (Wildman–Crippen MR) is 127 cm³/mol. The van der Waals surface area contributed by atoms with Crippen molar-refractivity contribution in [1.82, 2.24) is 0 Å². The summed E-state index contributed by atoms with van der Waals surface area (Å²) in [7, 11) is -3.27. The number of amides is 1. The lowest BCUT2D eigenvalue weighted by molar-refractivity contribution is -0.124. The summed E-state index contributed by atoms with van der Waals surface area (Å²) in [5, 5.41) is 10.3. The molecule has 6 nitrogen and oxygen atoms in total. The first-order chi connectivity index (χ1) is 15.2. The van der Waals surface area contributed by atoms with E-state index in [0.717, 1.165) is 36.1 Å². The van der Waals surface area contributed by atoms with Crippen molar-refractivity contribution >= 4 is 38.1 Å². The second kappa shape index (κ2) is 9.35. The zero-order valence-electron chi connectivity index (χ0n) is 18.2. The molecular weight excluding hydrogens is 446 g/mol. The van der Waals surface area contributed by atoms with E-state index in [1.54, 1.807) is 11.0 Å². The van der Waals surface area contributed by atoms with Crippen LogP contribution < -0.4 is 4.90 Å². The highest BCUT2D eigenvalue weighted by molar-refractivity contribution is 7.91. The molecule has 8 heteroatoms. The minimum atomic E-state index is -3.27. The summed E-state index contributed by atoms with van der Waals surface area (Å²) in [5.74, 6) is -0.837. The monoisotopic (exact) mass is 475 g/mol. The first-order valence-corrected chi connectivity index (χ1v) is 13.8. The Bertz CT molecular complexity index is 1080. The summed E-state index contributed by atoms with van der Waals surface area (Å²) in [5.41, 5.74) is 0.941. The molecule has 1 unspecified atom stereocenters. The molecule has 1 aliphatic carbocycles. The highest BCUT2D eigenvalue weighted by Gasteiger charge is 2.39. The van der Waals surface area contributed by atoms with Crippen LogP contribution in [-0.2, 0) is 14.6 Å². The highest BCUT2D eigenvalue weighted by atomic mass is 32.2. The number of nitrogens with zero attached hydrogens (tertiary/aromatic N) is 1. The molecule has 0 bridgehead atoms. The maximum atomic E-state index is 13.8. The van der Waals surface area contributed by atoms with Crippen molar-refractivity contribution in [1.29, 1.82) is 0 Å². The molecule has 1 aromatic carbocycles. The van der Waals surface area contributed by atoms with Gasteiger partial charge < -0.3 is 5.11 Å². The lowest BCUT2D eigenvalue weighted by Crippen LogP contribution is -2.49. The van der Waals surface area contributed by atoms with E-state index in [4.69, 9.17) is 0 Å². The van der Waals surface area contributed by atoms with E-state index in [-0.39, 0.29) is 28.9 Å². The number of aromatic carboxylic acids is 1. The van der Waals surface area contributed by atoms with Crippen LogP contribution in [0.15, 0.2) is 36.4 Å². The summed E-state index contributed by atoms with van der Waals surface area (Å²) in [6.07, 6.45) is 4.48. The molecule has 2 aliphatic rings. The van der Waals surface area contributed by atoms with Crippen LogP contribution in [0, 0.1) is 11.8 Å². The normalized spacial score (nSPS) is 25.2. The molecule has 172 valence electrons. The molecule has 32 heavy (non-hydrogen) atoms. The van der Waals surface area contributed by atoms with Gasteiger partial charge >= 0.3 is 5.97 Å². The van der Waals surface area contributed by atoms with E-state index < -0.39 is 21.8 Å². The number of carbonyl (C=O) groups excluding carboxylic acids is 1. The van der Waals surface area contributed by atoms with Gasteiger partial charge in [-0.25, -0.2) is 13.2 Å². The Morgan fingerprint density at radius 2 is 1.75 bits per heavy atom. The summed E-state index contributed by atoms with van der Waals surface area (Å²) < 4.78 is 24.9. The molecule has 1 aromatic heterocycles. The Labute approximate surface area is 193 Å². The zero-order chi connectivity index (χ0) is 22.9. The van der Waals surface area contributed by atoms with Crippen molar-refractivity contribution in [2.75, 3.05) is 16.4 Å². The van der Waals surface area contributed by atoms with Gasteiger partial charge in [0, 0.05) is 10.8 Å². The number of carboxylic acids is 1. The van der Waals surface area contributed by atoms with Crippen LogP contribution in [0.25, 0.3) is 10.4 Å². The first kappa shape index (κ1) is 23.0. The van der Waals surface area contributed by atoms with Crippen LogP contribution in [0.2, 0.25) is 0 Å². The van der Waals surface area contributed by atoms with E-state index in [0.29, 0.717) is 23.8 Å². The van der Waals surface area contributed by atoms with Crippen LogP contribution in [0.5, 0.6) is 0 Å². The van der Waals surface area contributed by atoms with Gasteiger partial charge in [0.2, 0.25) is 5.91 Å². The molecule has 4 rings (SSSR count). The smallest absolute Gasteiger partial charge is 0.338 e. The second-order valence-corrected chi connectivity index (χ2v) is 12.3. The van der Waals surface area contributed by atoms with E-state index in [2.05, 4.69) is 6.92 Å². The lowest BCUT2D eigenvalue weighted by atomic mass is 9.82. The van der Waals surface area contributed by atoms with Gasteiger partial charge in [-0.2, -0.15) is 0 Å². The van der Waals surface area contributed by atoms with Gasteiger partial charge in [-0.05, 0) is 56.1 Å². The quantitative estimate of drug-likeness (QED) is 0.667. The molecule has 2 fully saturated rings. The van der Waals surface area contributed by atoms with E-state index in [1.807, 2.05) is 30.3 Å². The van der Waals surface area contributed by atoms with Crippen LogP contribution in [0.3, 0.4) is 0 Å². The van der Waals surface area contributed by atoms with Crippen molar-refractivity contribution in [3.8, 4) is 10.4 Å². The Balaban J connectivity index is 1.78. The van der Waals surface area contributed by atoms with Gasteiger partial charge in [0.05, 0.1) is 23.1 Å². The third-order valence-corrected chi connectivity index (χ3v) is 9.61. The molecule has 2 heterocycles. The second-order valence-electron chi connectivity index (χ2n) is 9.08. The minimum absolute atomic E-state index is 0.0642. The fraction of sp³-hybridized carbons (Fsp3) is 0.500. The number of benzene rings is 1. The van der Waals surface area contributed by atoms with Gasteiger partial charge in [0.1, 0.15) is 5.00 Å². The van der Waals surface area contributed by atoms with Crippen molar-refractivity contribution in [3.05, 3.63) is 42.0 Å². The third kappa shape index (κ3) is 4.91. The van der Waals surface area contributed by atoms with Gasteiger partial charge in [0.25, 0.3) is 0 Å². The van der Waals surface area contributed by atoms with E-state index >= 15 is 0 Å². The molecule has 1 saturated heterocycles. The highest BCUT2D eigenvalue weighted by Crippen LogP contribution is 2.42. The van der Waals surface area contributed by atoms with Gasteiger partial charge in [0.15, 0.2) is 9.84 Å². The summed E-state index contributed by atoms with van der Waals surface area (Å²) in [6.45, 7) is 2.18. The number of carbonyl (C=O) groups is 2. The topological polar surface area (TPSA) is 91.8 Å². The van der Waals surface area contributed by atoms with Crippen molar-refractivity contribution in [3.63, 3.8) is 0 Å². The Hall–Kier alpha value is -2.19. The number of hydrogen-bond donors (Lipinski definition) is 1. The molecule has 1 saturated carbocycles. The average molecular weight is 476 g/mol. The Kier molecular flexibility index (Phi) is 6.72. The summed E-state index contributed by atoms with van der Waals surface area (Å²) in [6, 6.07) is 10.5. The zero-order valence-corrected chi connectivity index (χ0v) is 19.8. The van der Waals surface area contributed by atoms with Crippen molar-refractivity contribution in [2.24, 2.45) is 11.8 Å². The summed E-state index contributed by atoms with van der Waals surface area (Å²) >= 11 is 1.27. The van der Waals surface area contributed by atoms with Crippen LogP contribution in [0.4, 0.5) is 5.00 Å². The van der Waals surface area contributed by atoms with E-state index in [9.17, 15) is 23.1 Å². The van der Waals surface area contributed by atoms with Crippen LogP contribution in [0.1, 0.15) is 55.8 Å². The molecule has 1 amide bonds. The maximum absolute atomic E-state index is 13.8. The first-order valence-electron chi connectivity index (χ1n) is 11.2. The maximum Gasteiger partial charge on any atom is 0.338 e. The number of hydrogen-bond acceptors (Lipinski definition) is 5. The average Bonchev–Trinajstić information content (AvgIpc) is 3.20. The van der Waals surface area contributed by atoms with Crippen molar-refractivity contribution in [2.45, 2.75) is 51.5 Å². The largest absolute Gasteiger partial charge is 0.478 e. The number of anilines is 1. The molecule has 1 atom stereocenters. The molecular formula is C24H29NO5S2. The molecule has 0 spiro atoms. The summed E-state index contributed by atoms with van der Waals surface area (Å²) in [4.78, 5) is 28.3. The fourth-order valence-corrected chi connectivity index (χ4v) is 7.72. The standard InChI is InChI=1S/C24H29NO5S2/c1-16-9-11-18(12-10-16)22(26)25(19-8-5-13-32(29,30)15-19)23-20(24(27)28)14-21(31-23)17-6-3-2-4-7-17/h2-4,6-7,14,16,18-19H,5,8-13,15H2,1H3,(H,27,28)/t16-,18-,19?. The Morgan fingerprint density at radius 1 is 1.06 bits per heavy atom. The van der Waals surface area contributed by atoms with Gasteiger partial charge in [-0.1, -0.05) is 37.3 Å². The molecule has 1 N–H and O–H groups in total.